The van der Waals surface area contributed by atoms with Crippen LogP contribution in [0.3, 0.4) is 0 Å². The summed E-state index contributed by atoms with van der Waals surface area (Å²) < 4.78 is 11.9. The Bertz CT molecular complexity index is 231. The predicted octanol–water partition coefficient (Wildman–Crippen LogP) is 0.810. The van der Waals surface area contributed by atoms with Gasteiger partial charge in [-0.25, -0.2) is 0 Å². The Hall–Kier alpha value is -0.870. The number of hydrogen-bond acceptors (Lipinski definition) is 3. The van der Waals surface area contributed by atoms with E-state index in [0.717, 1.165) is 5.56 Å². The molecule has 0 saturated carbocycles. The molecule has 0 aromatic carbocycles. The van der Waals surface area contributed by atoms with E-state index in [1.54, 1.807) is 18.9 Å². The Kier molecular flexibility index (Phi) is 3.25. The molecule has 12 heavy (non-hydrogen) atoms. The van der Waals surface area contributed by atoms with Crippen LogP contribution < -0.4 is 0 Å². The van der Waals surface area contributed by atoms with Crippen LogP contribution in [0.2, 0.25) is 0 Å². The highest BCUT2D eigenvalue weighted by atomic mass is 16.7. The smallest absolute Gasteiger partial charge is 0.176 e. The average molecular weight is 170 g/mol. The van der Waals surface area contributed by atoms with Gasteiger partial charge < -0.3 is 9.47 Å². The van der Waals surface area contributed by atoms with Crippen molar-refractivity contribution in [1.29, 1.82) is 0 Å². The molecule has 4 nitrogen and oxygen atoms in total. The zero-order chi connectivity index (χ0) is 8.97. The Morgan fingerprint density at radius 2 is 2.17 bits per heavy atom. The standard InChI is InChI=1S/C8H14N2O2/c1-7-4-9-10(5-7)6-8(11-2)12-3/h4-5,8H,6H2,1-3H3. The van der Waals surface area contributed by atoms with Crippen LogP contribution in [0.15, 0.2) is 12.4 Å². The van der Waals surface area contributed by atoms with E-state index in [2.05, 4.69) is 5.10 Å². The molecule has 0 radical (unpaired) electrons. The summed E-state index contributed by atoms with van der Waals surface area (Å²) in [5.41, 5.74) is 1.14. The van der Waals surface area contributed by atoms with Gasteiger partial charge in [0.15, 0.2) is 6.29 Å². The molecule has 0 saturated heterocycles. The number of hydrogen-bond donors (Lipinski definition) is 0. The minimum absolute atomic E-state index is 0.218. The highest BCUT2D eigenvalue weighted by Gasteiger charge is 2.05. The van der Waals surface area contributed by atoms with Gasteiger partial charge in [0.1, 0.15) is 0 Å². The van der Waals surface area contributed by atoms with Crippen molar-refractivity contribution in [3.05, 3.63) is 18.0 Å². The monoisotopic (exact) mass is 170 g/mol. The van der Waals surface area contributed by atoms with Crippen molar-refractivity contribution in [3.8, 4) is 0 Å². The number of rotatable bonds is 4. The van der Waals surface area contributed by atoms with Crippen molar-refractivity contribution < 1.29 is 9.47 Å². The fourth-order valence-electron chi connectivity index (χ4n) is 0.965. The van der Waals surface area contributed by atoms with Crippen LogP contribution in [0.5, 0.6) is 0 Å². The van der Waals surface area contributed by atoms with E-state index in [1.807, 2.05) is 19.3 Å². The van der Waals surface area contributed by atoms with Crippen LogP contribution in [-0.4, -0.2) is 30.3 Å². The lowest BCUT2D eigenvalue weighted by molar-refractivity contribution is -0.112. The molecule has 0 fully saturated rings. The molecular formula is C8H14N2O2. The van der Waals surface area contributed by atoms with Crippen LogP contribution in [0, 0.1) is 6.92 Å². The molecular weight excluding hydrogens is 156 g/mol. The lowest BCUT2D eigenvalue weighted by atomic mass is 10.4. The largest absolute Gasteiger partial charge is 0.354 e. The zero-order valence-corrected chi connectivity index (χ0v) is 7.65. The molecule has 4 heteroatoms. The SMILES string of the molecule is COC(Cn1cc(C)cn1)OC. The van der Waals surface area contributed by atoms with Crippen molar-refractivity contribution in [2.75, 3.05) is 14.2 Å². The Morgan fingerprint density at radius 1 is 1.50 bits per heavy atom. The molecule has 0 amide bonds. The summed E-state index contributed by atoms with van der Waals surface area (Å²) in [6, 6.07) is 0. The Balaban J connectivity index is 2.50. The fourth-order valence-corrected chi connectivity index (χ4v) is 0.965. The Labute approximate surface area is 72.1 Å². The molecule has 0 aliphatic rings. The third kappa shape index (κ3) is 2.32. The van der Waals surface area contributed by atoms with Gasteiger partial charge in [-0.15, -0.1) is 0 Å². The molecule has 1 aromatic rings. The number of ether oxygens (including phenoxy) is 2. The first-order chi connectivity index (χ1) is 5.76. The van der Waals surface area contributed by atoms with E-state index < -0.39 is 0 Å². The zero-order valence-electron chi connectivity index (χ0n) is 7.65. The van der Waals surface area contributed by atoms with Crippen LogP contribution in [0.4, 0.5) is 0 Å². The lowest BCUT2D eigenvalue weighted by Crippen LogP contribution is -2.20. The normalized spacial score (nSPS) is 11.0. The van der Waals surface area contributed by atoms with E-state index in [0.29, 0.717) is 6.54 Å². The van der Waals surface area contributed by atoms with E-state index in [4.69, 9.17) is 9.47 Å². The summed E-state index contributed by atoms with van der Waals surface area (Å²) in [6.45, 7) is 2.62. The van der Waals surface area contributed by atoms with Crippen molar-refractivity contribution >= 4 is 0 Å². The van der Waals surface area contributed by atoms with Crippen LogP contribution in [0.25, 0.3) is 0 Å². The van der Waals surface area contributed by atoms with Crippen LogP contribution in [-0.2, 0) is 16.0 Å². The number of aromatic nitrogens is 2. The van der Waals surface area contributed by atoms with Gasteiger partial charge in [0.25, 0.3) is 0 Å². The summed E-state index contributed by atoms with van der Waals surface area (Å²) in [5, 5.41) is 4.11. The van der Waals surface area contributed by atoms with Gasteiger partial charge in [-0.1, -0.05) is 0 Å². The van der Waals surface area contributed by atoms with Crippen LogP contribution in [0.1, 0.15) is 5.56 Å². The van der Waals surface area contributed by atoms with Gasteiger partial charge in [0.2, 0.25) is 0 Å². The summed E-state index contributed by atoms with van der Waals surface area (Å²) in [6.07, 6.45) is 3.54. The molecule has 1 aromatic heterocycles. The summed E-state index contributed by atoms with van der Waals surface area (Å²) in [5.74, 6) is 0. The molecule has 0 bridgehead atoms. The third-order valence-electron chi connectivity index (χ3n) is 1.62. The maximum Gasteiger partial charge on any atom is 0.176 e. The van der Waals surface area contributed by atoms with E-state index in [1.165, 1.54) is 0 Å². The van der Waals surface area contributed by atoms with Crippen molar-refractivity contribution in [2.45, 2.75) is 19.8 Å². The van der Waals surface area contributed by atoms with Gasteiger partial charge in [0.05, 0.1) is 12.7 Å². The van der Waals surface area contributed by atoms with E-state index >= 15 is 0 Å². The van der Waals surface area contributed by atoms with Crippen molar-refractivity contribution in [2.24, 2.45) is 0 Å². The molecule has 0 spiro atoms. The second kappa shape index (κ2) is 4.23. The third-order valence-corrected chi connectivity index (χ3v) is 1.62. The predicted molar refractivity (Wildman–Crippen MR) is 44.8 cm³/mol. The molecule has 0 N–H and O–H groups in total. The molecule has 1 heterocycles. The minimum Gasteiger partial charge on any atom is -0.354 e. The number of nitrogens with zero attached hydrogens (tertiary/aromatic N) is 2. The quantitative estimate of drug-likeness (QED) is 0.627. The number of aryl methyl sites for hydroxylation is 1. The van der Waals surface area contributed by atoms with Crippen molar-refractivity contribution in [3.63, 3.8) is 0 Å². The van der Waals surface area contributed by atoms with Gasteiger partial charge >= 0.3 is 0 Å². The highest BCUT2D eigenvalue weighted by molar-refractivity contribution is 4.99. The van der Waals surface area contributed by atoms with E-state index in [9.17, 15) is 0 Å². The summed E-state index contributed by atoms with van der Waals surface area (Å²) in [4.78, 5) is 0. The first-order valence-electron chi connectivity index (χ1n) is 3.81. The van der Waals surface area contributed by atoms with Crippen molar-refractivity contribution in [1.82, 2.24) is 9.78 Å². The summed E-state index contributed by atoms with van der Waals surface area (Å²) in [7, 11) is 3.23. The summed E-state index contributed by atoms with van der Waals surface area (Å²) >= 11 is 0. The lowest BCUT2D eigenvalue weighted by Gasteiger charge is -2.12. The van der Waals surface area contributed by atoms with Gasteiger partial charge in [-0.3, -0.25) is 4.68 Å². The second-order valence-corrected chi connectivity index (χ2v) is 2.64. The van der Waals surface area contributed by atoms with E-state index in [-0.39, 0.29) is 6.29 Å². The van der Waals surface area contributed by atoms with Crippen LogP contribution >= 0.6 is 0 Å². The molecule has 0 aliphatic carbocycles. The molecule has 68 valence electrons. The highest BCUT2D eigenvalue weighted by Crippen LogP contribution is 1.98. The first kappa shape index (κ1) is 9.22. The first-order valence-corrected chi connectivity index (χ1v) is 3.81. The maximum absolute atomic E-state index is 5.03. The maximum atomic E-state index is 5.03. The van der Waals surface area contributed by atoms with Gasteiger partial charge in [0, 0.05) is 20.4 Å². The molecule has 0 atom stereocenters. The molecule has 0 aliphatic heterocycles. The molecule has 1 rings (SSSR count). The van der Waals surface area contributed by atoms with Gasteiger partial charge in [-0.2, -0.15) is 5.10 Å². The average Bonchev–Trinajstić information content (AvgIpc) is 2.47. The van der Waals surface area contributed by atoms with Gasteiger partial charge in [-0.05, 0) is 12.5 Å². The Morgan fingerprint density at radius 3 is 2.58 bits per heavy atom. The molecule has 0 unspecified atom stereocenters. The minimum atomic E-state index is -0.218. The fraction of sp³-hybridized carbons (Fsp3) is 0.625. The number of methoxy groups -OCH3 is 2. The topological polar surface area (TPSA) is 36.3 Å². The second-order valence-electron chi connectivity index (χ2n) is 2.64.